The van der Waals surface area contributed by atoms with Gasteiger partial charge in [-0.3, -0.25) is 0 Å². The molecule has 0 aliphatic carbocycles. The lowest BCUT2D eigenvalue weighted by atomic mass is 10.4. The number of hydrogen-bond donors (Lipinski definition) is 0. The summed E-state index contributed by atoms with van der Waals surface area (Å²) in [6.07, 6.45) is 6.66. The Bertz CT molecular complexity index is 145. The normalized spacial score (nSPS) is 11.0. The highest BCUT2D eigenvalue weighted by Gasteiger charge is 1.89. The molecule has 0 unspecified atom stereocenters. The number of carbonyl (C=O) groups excluding carboxylic acids is 1. The quantitative estimate of drug-likeness (QED) is 0.338. The van der Waals surface area contributed by atoms with Crippen LogP contribution in [0.4, 0.5) is 0 Å². The van der Waals surface area contributed by atoms with Crippen LogP contribution in [-0.4, -0.2) is 12.6 Å². The van der Waals surface area contributed by atoms with Crippen molar-refractivity contribution in [1.82, 2.24) is 0 Å². The van der Waals surface area contributed by atoms with E-state index in [0.717, 1.165) is 0 Å². The summed E-state index contributed by atoms with van der Waals surface area (Å²) in [6.45, 7) is 4.09. The van der Waals surface area contributed by atoms with Crippen molar-refractivity contribution in [3.8, 4) is 0 Å². The summed E-state index contributed by atoms with van der Waals surface area (Å²) in [6, 6.07) is 0. The first-order chi connectivity index (χ1) is 4.81. The van der Waals surface area contributed by atoms with E-state index >= 15 is 0 Å². The monoisotopic (exact) mass is 140 g/mol. The third-order valence-electron chi connectivity index (χ3n) is 0.822. The van der Waals surface area contributed by atoms with Gasteiger partial charge in [0.2, 0.25) is 0 Å². The van der Waals surface area contributed by atoms with Crippen molar-refractivity contribution in [2.75, 3.05) is 6.61 Å². The summed E-state index contributed by atoms with van der Waals surface area (Å²) < 4.78 is 4.63. The minimum absolute atomic E-state index is 0.291. The number of hydrogen-bond acceptors (Lipinski definition) is 2. The number of ether oxygens (including phenoxy) is 1. The molecule has 0 saturated heterocycles. The molecule has 0 heterocycles. The average molecular weight is 140 g/mol. The molecule has 0 bridgehead atoms. The van der Waals surface area contributed by atoms with Gasteiger partial charge < -0.3 is 4.74 Å². The van der Waals surface area contributed by atoms with Crippen LogP contribution in [0.1, 0.15) is 13.8 Å². The van der Waals surface area contributed by atoms with Crippen LogP contribution < -0.4 is 0 Å². The lowest BCUT2D eigenvalue weighted by Gasteiger charge is -1.92. The lowest BCUT2D eigenvalue weighted by Crippen LogP contribution is -1.98. The molecule has 0 N–H and O–H groups in total. The molecule has 0 aliphatic heterocycles. The SMILES string of the molecule is C/C=C\C=C\C(=O)OCC. The molecular weight excluding hydrogens is 128 g/mol. The van der Waals surface area contributed by atoms with Crippen molar-refractivity contribution in [2.45, 2.75) is 13.8 Å². The second-order valence-electron chi connectivity index (χ2n) is 1.64. The van der Waals surface area contributed by atoms with Crippen molar-refractivity contribution >= 4 is 5.97 Å². The fraction of sp³-hybridized carbons (Fsp3) is 0.375. The van der Waals surface area contributed by atoms with Gasteiger partial charge in [0.15, 0.2) is 0 Å². The van der Waals surface area contributed by atoms with Gasteiger partial charge in [-0.1, -0.05) is 18.2 Å². The Balaban J connectivity index is 3.56. The molecule has 0 spiro atoms. The molecule has 0 aromatic carbocycles. The largest absolute Gasteiger partial charge is 0.463 e. The van der Waals surface area contributed by atoms with Crippen LogP contribution in [0.5, 0.6) is 0 Å². The summed E-state index contributed by atoms with van der Waals surface area (Å²) in [5, 5.41) is 0. The Morgan fingerprint density at radius 3 is 2.70 bits per heavy atom. The molecule has 0 aromatic rings. The minimum Gasteiger partial charge on any atom is -0.463 e. The van der Waals surface area contributed by atoms with Gasteiger partial charge in [-0.15, -0.1) is 0 Å². The second kappa shape index (κ2) is 6.08. The summed E-state index contributed by atoms with van der Waals surface area (Å²) in [4.78, 5) is 10.6. The van der Waals surface area contributed by atoms with Gasteiger partial charge in [-0.2, -0.15) is 0 Å². The van der Waals surface area contributed by atoms with E-state index in [1.165, 1.54) is 6.08 Å². The predicted molar refractivity (Wildman–Crippen MR) is 40.6 cm³/mol. The Morgan fingerprint density at radius 2 is 2.20 bits per heavy atom. The Morgan fingerprint density at radius 1 is 1.50 bits per heavy atom. The van der Waals surface area contributed by atoms with Gasteiger partial charge >= 0.3 is 5.97 Å². The zero-order valence-electron chi connectivity index (χ0n) is 6.33. The maximum absolute atomic E-state index is 10.6. The van der Waals surface area contributed by atoms with Crippen LogP contribution in [0.2, 0.25) is 0 Å². The Labute approximate surface area is 61.2 Å². The fourth-order valence-corrected chi connectivity index (χ4v) is 0.436. The summed E-state index contributed by atoms with van der Waals surface area (Å²) in [7, 11) is 0. The van der Waals surface area contributed by atoms with Gasteiger partial charge in [0.05, 0.1) is 6.61 Å². The zero-order valence-corrected chi connectivity index (χ0v) is 6.33. The molecule has 0 atom stereocenters. The first-order valence-corrected chi connectivity index (χ1v) is 3.27. The molecule has 2 heteroatoms. The van der Waals surface area contributed by atoms with E-state index < -0.39 is 0 Å². The van der Waals surface area contributed by atoms with Crippen LogP contribution in [0, 0.1) is 0 Å². The minimum atomic E-state index is -0.291. The molecule has 0 aromatic heterocycles. The van der Waals surface area contributed by atoms with Crippen LogP contribution in [0.15, 0.2) is 24.3 Å². The Hall–Kier alpha value is -1.05. The molecular formula is C8H12O2. The second-order valence-corrected chi connectivity index (χ2v) is 1.64. The molecule has 0 radical (unpaired) electrons. The lowest BCUT2D eigenvalue weighted by molar-refractivity contribution is -0.137. The van der Waals surface area contributed by atoms with Gasteiger partial charge in [0, 0.05) is 6.08 Å². The van der Waals surface area contributed by atoms with Crippen molar-refractivity contribution < 1.29 is 9.53 Å². The Kier molecular flexibility index (Phi) is 5.44. The smallest absolute Gasteiger partial charge is 0.330 e. The van der Waals surface area contributed by atoms with Crippen LogP contribution in [0.25, 0.3) is 0 Å². The van der Waals surface area contributed by atoms with E-state index in [1.54, 1.807) is 19.1 Å². The van der Waals surface area contributed by atoms with Gasteiger partial charge in [-0.05, 0) is 13.8 Å². The van der Waals surface area contributed by atoms with Crippen LogP contribution >= 0.6 is 0 Å². The first kappa shape index (κ1) is 8.95. The molecule has 0 amide bonds. The van der Waals surface area contributed by atoms with Crippen molar-refractivity contribution in [1.29, 1.82) is 0 Å². The third-order valence-corrected chi connectivity index (χ3v) is 0.822. The highest BCUT2D eigenvalue weighted by atomic mass is 16.5. The third kappa shape index (κ3) is 5.09. The molecule has 56 valence electrons. The number of carbonyl (C=O) groups is 1. The molecule has 0 fully saturated rings. The molecule has 0 saturated carbocycles. The summed E-state index contributed by atoms with van der Waals surface area (Å²) in [5.74, 6) is -0.291. The highest BCUT2D eigenvalue weighted by Crippen LogP contribution is 1.81. The standard InChI is InChI=1S/C8H12O2/c1-3-5-6-7-8(9)10-4-2/h3,5-7H,4H2,1-2H3/b5-3-,7-6+. The number of rotatable bonds is 3. The number of esters is 1. The van der Waals surface area contributed by atoms with Crippen molar-refractivity contribution in [3.63, 3.8) is 0 Å². The average Bonchev–Trinajstić information content (AvgIpc) is 1.89. The first-order valence-electron chi connectivity index (χ1n) is 3.27. The van der Waals surface area contributed by atoms with E-state index in [1.807, 2.05) is 13.0 Å². The van der Waals surface area contributed by atoms with E-state index in [-0.39, 0.29) is 5.97 Å². The van der Waals surface area contributed by atoms with Gasteiger partial charge in [0.25, 0.3) is 0 Å². The maximum Gasteiger partial charge on any atom is 0.330 e. The van der Waals surface area contributed by atoms with Gasteiger partial charge in [-0.25, -0.2) is 4.79 Å². The predicted octanol–water partition coefficient (Wildman–Crippen LogP) is 1.68. The van der Waals surface area contributed by atoms with E-state index in [0.29, 0.717) is 6.61 Å². The van der Waals surface area contributed by atoms with Crippen molar-refractivity contribution in [3.05, 3.63) is 24.3 Å². The molecule has 0 aliphatic rings. The van der Waals surface area contributed by atoms with Gasteiger partial charge in [0.1, 0.15) is 0 Å². The fourth-order valence-electron chi connectivity index (χ4n) is 0.436. The summed E-state index contributed by atoms with van der Waals surface area (Å²) in [5.41, 5.74) is 0. The molecule has 10 heavy (non-hydrogen) atoms. The molecule has 0 rings (SSSR count). The maximum atomic E-state index is 10.6. The van der Waals surface area contributed by atoms with Crippen LogP contribution in [0.3, 0.4) is 0 Å². The van der Waals surface area contributed by atoms with E-state index in [2.05, 4.69) is 4.74 Å². The topological polar surface area (TPSA) is 26.3 Å². The van der Waals surface area contributed by atoms with E-state index in [9.17, 15) is 4.79 Å². The zero-order chi connectivity index (χ0) is 7.82. The number of allylic oxidation sites excluding steroid dienone is 3. The molecule has 2 nitrogen and oxygen atoms in total. The highest BCUT2D eigenvalue weighted by molar-refractivity contribution is 5.82. The van der Waals surface area contributed by atoms with Crippen LogP contribution in [-0.2, 0) is 9.53 Å². The summed E-state index contributed by atoms with van der Waals surface area (Å²) >= 11 is 0. The van der Waals surface area contributed by atoms with E-state index in [4.69, 9.17) is 0 Å². The van der Waals surface area contributed by atoms with Crippen molar-refractivity contribution in [2.24, 2.45) is 0 Å².